The molecule has 0 saturated carbocycles. The number of hydrogen-bond donors (Lipinski definition) is 1. The second-order valence-electron chi connectivity index (χ2n) is 6.37. The van der Waals surface area contributed by atoms with Crippen LogP contribution >= 0.6 is 11.6 Å². The molecule has 0 bridgehead atoms. The second-order valence-corrected chi connectivity index (χ2v) is 6.81. The van der Waals surface area contributed by atoms with Crippen molar-refractivity contribution < 1.29 is 9.53 Å². The molecular weight excluding hydrogens is 336 g/mol. The topological polar surface area (TPSA) is 41.6 Å². The number of halogens is 1. The Morgan fingerprint density at radius 2 is 1.92 bits per heavy atom. The molecule has 1 unspecified atom stereocenters. The minimum absolute atomic E-state index is 0.166. The average Bonchev–Trinajstić information content (AvgIpc) is 3.12. The van der Waals surface area contributed by atoms with E-state index in [0.29, 0.717) is 10.8 Å². The molecule has 0 radical (unpaired) electrons. The number of ether oxygens (including phenoxy) is 1. The van der Waals surface area contributed by atoms with E-state index < -0.39 is 6.10 Å². The highest BCUT2D eigenvalue weighted by molar-refractivity contribution is 6.30. The first-order chi connectivity index (χ1) is 12.0. The molecule has 5 heteroatoms. The van der Waals surface area contributed by atoms with Gasteiger partial charge in [0.05, 0.1) is 11.4 Å². The summed E-state index contributed by atoms with van der Waals surface area (Å²) in [5.41, 5.74) is 2.81. The minimum Gasteiger partial charge on any atom is -0.481 e. The smallest absolute Gasteiger partial charge is 0.265 e. The van der Waals surface area contributed by atoms with Crippen molar-refractivity contribution in [3.8, 4) is 5.75 Å². The number of para-hydroxylation sites is 2. The van der Waals surface area contributed by atoms with Crippen molar-refractivity contribution in [2.24, 2.45) is 0 Å². The number of hydrogen-bond acceptors (Lipinski definition) is 3. The first-order valence-corrected chi connectivity index (χ1v) is 9.00. The van der Waals surface area contributed by atoms with Crippen molar-refractivity contribution in [2.75, 3.05) is 23.3 Å². The van der Waals surface area contributed by atoms with Crippen LogP contribution in [-0.2, 0) is 4.79 Å². The highest BCUT2D eigenvalue weighted by Gasteiger charge is 2.20. The van der Waals surface area contributed by atoms with E-state index in [-0.39, 0.29) is 5.91 Å². The van der Waals surface area contributed by atoms with Crippen LogP contribution in [0.25, 0.3) is 0 Å². The van der Waals surface area contributed by atoms with Crippen LogP contribution in [0.3, 0.4) is 0 Å². The van der Waals surface area contributed by atoms with Gasteiger partial charge < -0.3 is 15.0 Å². The largest absolute Gasteiger partial charge is 0.481 e. The van der Waals surface area contributed by atoms with Crippen LogP contribution in [0, 0.1) is 6.92 Å². The van der Waals surface area contributed by atoms with Gasteiger partial charge in [0.2, 0.25) is 0 Å². The lowest BCUT2D eigenvalue weighted by Crippen LogP contribution is -2.31. The van der Waals surface area contributed by atoms with Crippen molar-refractivity contribution in [1.29, 1.82) is 0 Å². The number of carbonyl (C=O) groups is 1. The van der Waals surface area contributed by atoms with E-state index in [1.807, 2.05) is 31.2 Å². The summed E-state index contributed by atoms with van der Waals surface area (Å²) in [6.07, 6.45) is 1.78. The van der Waals surface area contributed by atoms with Gasteiger partial charge >= 0.3 is 0 Å². The Hall–Kier alpha value is -2.20. The minimum atomic E-state index is -0.605. The highest BCUT2D eigenvalue weighted by Crippen LogP contribution is 2.29. The Bertz CT molecular complexity index is 757. The third-order valence-corrected chi connectivity index (χ3v) is 4.65. The number of nitrogens with zero attached hydrogens (tertiary/aromatic N) is 1. The summed E-state index contributed by atoms with van der Waals surface area (Å²) in [6, 6.07) is 13.3. The average molecular weight is 359 g/mol. The fraction of sp³-hybridized carbons (Fsp3) is 0.350. The number of nitrogens with one attached hydrogen (secondary N) is 1. The van der Waals surface area contributed by atoms with Gasteiger partial charge in [-0.3, -0.25) is 4.79 Å². The van der Waals surface area contributed by atoms with Gasteiger partial charge in [-0.15, -0.1) is 0 Å². The Kier molecular flexibility index (Phi) is 5.49. The predicted octanol–water partition coefficient (Wildman–Crippen LogP) is 4.65. The molecule has 1 fully saturated rings. The molecule has 2 aromatic carbocycles. The third kappa shape index (κ3) is 4.26. The molecule has 1 atom stereocenters. The number of anilines is 2. The van der Waals surface area contributed by atoms with Crippen LogP contribution in [0.2, 0.25) is 5.02 Å². The Morgan fingerprint density at radius 1 is 1.20 bits per heavy atom. The zero-order valence-electron chi connectivity index (χ0n) is 14.6. The van der Waals surface area contributed by atoms with Gasteiger partial charge in [0.25, 0.3) is 5.91 Å². The molecule has 0 spiro atoms. The summed E-state index contributed by atoms with van der Waals surface area (Å²) in [5, 5.41) is 3.66. The van der Waals surface area contributed by atoms with E-state index in [4.69, 9.17) is 16.3 Å². The zero-order valence-corrected chi connectivity index (χ0v) is 15.3. The summed E-state index contributed by atoms with van der Waals surface area (Å²) in [6.45, 7) is 5.72. The lowest BCUT2D eigenvalue weighted by atomic mass is 10.2. The van der Waals surface area contributed by atoms with Gasteiger partial charge in [-0.25, -0.2) is 0 Å². The van der Waals surface area contributed by atoms with Crippen molar-refractivity contribution in [3.63, 3.8) is 0 Å². The summed E-state index contributed by atoms with van der Waals surface area (Å²) >= 11 is 5.96. The molecule has 1 amide bonds. The predicted molar refractivity (Wildman–Crippen MR) is 103 cm³/mol. The van der Waals surface area contributed by atoms with Crippen LogP contribution in [0.4, 0.5) is 11.4 Å². The molecule has 1 aliphatic heterocycles. The van der Waals surface area contributed by atoms with Gasteiger partial charge in [0.1, 0.15) is 5.75 Å². The van der Waals surface area contributed by atoms with Crippen LogP contribution in [0.5, 0.6) is 5.75 Å². The van der Waals surface area contributed by atoms with E-state index in [2.05, 4.69) is 16.3 Å². The Balaban J connectivity index is 1.69. The van der Waals surface area contributed by atoms with Gasteiger partial charge in [-0.05, 0) is 62.6 Å². The van der Waals surface area contributed by atoms with Gasteiger partial charge in [-0.2, -0.15) is 0 Å². The third-order valence-electron chi connectivity index (χ3n) is 4.42. The number of amides is 1. The van der Waals surface area contributed by atoms with Crippen LogP contribution in [0.1, 0.15) is 25.3 Å². The van der Waals surface area contributed by atoms with Crippen LogP contribution in [0.15, 0.2) is 42.5 Å². The van der Waals surface area contributed by atoms with E-state index in [9.17, 15) is 4.79 Å². The number of carbonyl (C=O) groups excluding carboxylic acids is 1. The highest BCUT2D eigenvalue weighted by atomic mass is 35.5. The van der Waals surface area contributed by atoms with Crippen molar-refractivity contribution in [3.05, 3.63) is 53.1 Å². The molecule has 1 heterocycles. The van der Waals surface area contributed by atoms with E-state index in [0.717, 1.165) is 30.0 Å². The monoisotopic (exact) mass is 358 g/mol. The molecule has 1 N–H and O–H groups in total. The van der Waals surface area contributed by atoms with Gasteiger partial charge in [-0.1, -0.05) is 23.7 Å². The molecule has 2 aromatic rings. The van der Waals surface area contributed by atoms with Gasteiger partial charge in [0, 0.05) is 18.1 Å². The molecule has 1 aliphatic rings. The van der Waals surface area contributed by atoms with Crippen LogP contribution < -0.4 is 15.0 Å². The number of rotatable bonds is 5. The van der Waals surface area contributed by atoms with Crippen molar-refractivity contribution in [2.45, 2.75) is 32.8 Å². The van der Waals surface area contributed by atoms with E-state index >= 15 is 0 Å². The Labute approximate surface area is 153 Å². The van der Waals surface area contributed by atoms with Crippen molar-refractivity contribution >= 4 is 28.9 Å². The first-order valence-electron chi connectivity index (χ1n) is 8.62. The summed E-state index contributed by atoms with van der Waals surface area (Å²) in [4.78, 5) is 14.9. The van der Waals surface area contributed by atoms with Crippen LogP contribution in [-0.4, -0.2) is 25.1 Å². The lowest BCUT2D eigenvalue weighted by molar-refractivity contribution is -0.122. The number of benzene rings is 2. The second kappa shape index (κ2) is 7.79. The normalized spacial score (nSPS) is 15.1. The standard InChI is InChI=1S/C20H23ClN2O2/c1-14-13-16(21)9-10-19(14)25-15(2)20(24)22-17-7-3-4-8-18(17)23-11-5-6-12-23/h3-4,7-10,13,15H,5-6,11-12H2,1-2H3,(H,22,24). The number of aryl methyl sites for hydroxylation is 1. The molecule has 3 rings (SSSR count). The molecule has 25 heavy (non-hydrogen) atoms. The molecule has 132 valence electrons. The van der Waals surface area contributed by atoms with Crippen molar-refractivity contribution in [1.82, 2.24) is 0 Å². The summed E-state index contributed by atoms with van der Waals surface area (Å²) in [5.74, 6) is 0.501. The zero-order chi connectivity index (χ0) is 17.8. The summed E-state index contributed by atoms with van der Waals surface area (Å²) < 4.78 is 5.82. The quantitative estimate of drug-likeness (QED) is 0.845. The maximum Gasteiger partial charge on any atom is 0.265 e. The molecule has 1 saturated heterocycles. The molecule has 0 aromatic heterocycles. The van der Waals surface area contributed by atoms with E-state index in [1.54, 1.807) is 19.1 Å². The SMILES string of the molecule is Cc1cc(Cl)ccc1OC(C)C(=O)Nc1ccccc1N1CCCC1. The van der Waals surface area contributed by atoms with E-state index in [1.165, 1.54) is 12.8 Å². The first kappa shape index (κ1) is 17.6. The Morgan fingerprint density at radius 3 is 2.64 bits per heavy atom. The molecule has 0 aliphatic carbocycles. The molecule has 4 nitrogen and oxygen atoms in total. The lowest BCUT2D eigenvalue weighted by Gasteiger charge is -2.22. The van der Waals surface area contributed by atoms with Gasteiger partial charge in [0.15, 0.2) is 6.10 Å². The summed E-state index contributed by atoms with van der Waals surface area (Å²) in [7, 11) is 0. The maximum atomic E-state index is 12.6. The maximum absolute atomic E-state index is 12.6. The fourth-order valence-electron chi connectivity index (χ4n) is 3.04. The molecular formula is C20H23ClN2O2. The fourth-order valence-corrected chi connectivity index (χ4v) is 3.26.